The Morgan fingerprint density at radius 3 is 2.96 bits per heavy atom. The molecule has 0 radical (unpaired) electrons. The molecule has 5 nitrogen and oxygen atoms in total. The quantitative estimate of drug-likeness (QED) is 0.524. The molecule has 0 bridgehead atoms. The zero-order chi connectivity index (χ0) is 15.2. The predicted molar refractivity (Wildman–Crippen MR) is 93.8 cm³/mol. The van der Waals surface area contributed by atoms with E-state index in [1.807, 2.05) is 24.7 Å². The van der Waals surface area contributed by atoms with Gasteiger partial charge in [-0.1, -0.05) is 6.07 Å². The molecule has 1 unspecified atom stereocenters. The molecule has 1 aliphatic rings. The van der Waals surface area contributed by atoms with Gasteiger partial charge in [0.25, 0.3) is 0 Å². The molecule has 0 amide bonds. The molecule has 0 saturated heterocycles. The average molecular weight is 319 g/mol. The van der Waals surface area contributed by atoms with Crippen LogP contribution in [0.15, 0.2) is 54.6 Å². The van der Waals surface area contributed by atoms with Crippen LogP contribution in [0, 0.1) is 0 Å². The van der Waals surface area contributed by atoms with Crippen LogP contribution in [0.4, 0.5) is 0 Å². The number of nitrogens with one attached hydrogen (secondary N) is 3. The maximum Gasteiger partial charge on any atom is 0.137 e. The van der Waals surface area contributed by atoms with Crippen LogP contribution >= 0.6 is 11.8 Å². The van der Waals surface area contributed by atoms with E-state index in [4.69, 9.17) is 0 Å². The molecule has 4 heterocycles. The van der Waals surface area contributed by atoms with Crippen molar-refractivity contribution in [3.05, 3.63) is 60.2 Å². The number of thioether (sulfide) groups is 1. The molecule has 3 N–H and O–H groups in total. The topological polar surface area (TPSA) is 69.4 Å². The fourth-order valence-corrected chi connectivity index (χ4v) is 3.77. The minimum atomic E-state index is 0.246. The first-order valence-electron chi connectivity index (χ1n) is 7.35. The molecule has 1 aromatic carbocycles. The summed E-state index contributed by atoms with van der Waals surface area (Å²) >= 11 is 1.77. The first-order valence-corrected chi connectivity index (χ1v) is 8.30. The standard InChI is InChI=1S/C17H13N5S/c1-2-14-15(22-9-21-14)6-10(1)11-5-12-13(17-18-3-4-23-17)8-20-16(12)19-7-11/h1-9,17-18H,(H,19,20)(H,21,22). The number of aromatic nitrogens is 4. The smallest absolute Gasteiger partial charge is 0.137 e. The van der Waals surface area contributed by atoms with E-state index >= 15 is 0 Å². The average Bonchev–Trinajstić information content (AvgIpc) is 3.32. The summed E-state index contributed by atoms with van der Waals surface area (Å²) in [5, 5.41) is 6.83. The third-order valence-corrected chi connectivity index (χ3v) is 5.08. The van der Waals surface area contributed by atoms with Gasteiger partial charge in [0.1, 0.15) is 11.0 Å². The summed E-state index contributed by atoms with van der Waals surface area (Å²) in [6, 6.07) is 8.43. The summed E-state index contributed by atoms with van der Waals surface area (Å²) in [6.45, 7) is 0. The first-order chi connectivity index (χ1) is 11.4. The zero-order valence-corrected chi connectivity index (χ0v) is 12.9. The van der Waals surface area contributed by atoms with E-state index in [-0.39, 0.29) is 5.37 Å². The van der Waals surface area contributed by atoms with Crippen molar-refractivity contribution in [1.29, 1.82) is 0 Å². The zero-order valence-electron chi connectivity index (χ0n) is 12.1. The van der Waals surface area contributed by atoms with Gasteiger partial charge >= 0.3 is 0 Å². The van der Waals surface area contributed by atoms with Gasteiger partial charge < -0.3 is 15.3 Å². The molecule has 0 saturated carbocycles. The highest BCUT2D eigenvalue weighted by Gasteiger charge is 2.18. The molecule has 0 aliphatic carbocycles. The lowest BCUT2D eigenvalue weighted by atomic mass is 10.0. The second kappa shape index (κ2) is 4.89. The largest absolute Gasteiger partial charge is 0.375 e. The van der Waals surface area contributed by atoms with Crippen LogP contribution < -0.4 is 5.32 Å². The number of aromatic amines is 2. The molecule has 1 atom stereocenters. The SMILES string of the molecule is C1=CSC(c2c[nH]c3ncc(-c4ccc5nc[nH]c5c4)cc23)N1. The van der Waals surface area contributed by atoms with Gasteiger partial charge in [0.15, 0.2) is 0 Å². The summed E-state index contributed by atoms with van der Waals surface area (Å²) < 4.78 is 0. The van der Waals surface area contributed by atoms with Crippen molar-refractivity contribution in [2.75, 3.05) is 0 Å². The molecule has 5 rings (SSSR count). The minimum Gasteiger partial charge on any atom is -0.375 e. The van der Waals surface area contributed by atoms with Gasteiger partial charge in [0.2, 0.25) is 0 Å². The number of benzene rings is 1. The maximum absolute atomic E-state index is 4.58. The third-order valence-electron chi connectivity index (χ3n) is 4.13. The van der Waals surface area contributed by atoms with Crippen molar-refractivity contribution in [2.45, 2.75) is 5.37 Å². The van der Waals surface area contributed by atoms with Crippen LogP contribution in [-0.4, -0.2) is 19.9 Å². The second-order valence-corrected chi connectivity index (χ2v) is 6.50. The van der Waals surface area contributed by atoms with Crippen LogP contribution in [0.3, 0.4) is 0 Å². The first kappa shape index (κ1) is 12.8. The Kier molecular flexibility index (Phi) is 2.72. The van der Waals surface area contributed by atoms with Gasteiger partial charge in [-0.25, -0.2) is 9.97 Å². The Hall–Kier alpha value is -2.73. The normalized spacial score (nSPS) is 17.1. The molecule has 0 spiro atoms. The van der Waals surface area contributed by atoms with Crippen LogP contribution in [0.5, 0.6) is 0 Å². The molecule has 4 aromatic rings. The molecule has 0 fully saturated rings. The molecule has 1 aliphatic heterocycles. The Morgan fingerprint density at radius 1 is 1.04 bits per heavy atom. The van der Waals surface area contributed by atoms with Crippen molar-refractivity contribution in [3.8, 4) is 11.1 Å². The van der Waals surface area contributed by atoms with Crippen LogP contribution in [-0.2, 0) is 0 Å². The van der Waals surface area contributed by atoms with E-state index in [1.165, 1.54) is 5.56 Å². The number of hydrogen-bond donors (Lipinski definition) is 3. The van der Waals surface area contributed by atoms with Crippen molar-refractivity contribution >= 4 is 33.8 Å². The number of fused-ring (bicyclic) bond motifs is 2. The van der Waals surface area contributed by atoms with Crippen LogP contribution in [0.2, 0.25) is 0 Å². The molecule has 112 valence electrons. The van der Waals surface area contributed by atoms with Gasteiger partial charge in [-0.15, -0.1) is 11.8 Å². The summed E-state index contributed by atoms with van der Waals surface area (Å²) in [6.07, 6.45) is 7.65. The van der Waals surface area contributed by atoms with E-state index in [9.17, 15) is 0 Å². The van der Waals surface area contributed by atoms with Crippen molar-refractivity contribution < 1.29 is 0 Å². The van der Waals surface area contributed by atoms with Crippen molar-refractivity contribution in [2.24, 2.45) is 0 Å². The lowest BCUT2D eigenvalue weighted by molar-refractivity contribution is 0.869. The number of pyridine rings is 1. The highest BCUT2D eigenvalue weighted by Crippen LogP contribution is 2.36. The lowest BCUT2D eigenvalue weighted by Gasteiger charge is -2.09. The number of rotatable bonds is 2. The number of H-pyrrole nitrogens is 2. The summed E-state index contributed by atoms with van der Waals surface area (Å²) in [5.74, 6) is 0. The Balaban J connectivity index is 1.64. The third kappa shape index (κ3) is 2.03. The number of imidazole rings is 1. The summed E-state index contributed by atoms with van der Waals surface area (Å²) in [7, 11) is 0. The van der Waals surface area contributed by atoms with Gasteiger partial charge in [0.05, 0.1) is 17.4 Å². The Bertz CT molecular complexity index is 1040. The molecule has 6 heteroatoms. The van der Waals surface area contributed by atoms with Crippen molar-refractivity contribution in [1.82, 2.24) is 25.3 Å². The van der Waals surface area contributed by atoms with Crippen LogP contribution in [0.1, 0.15) is 10.9 Å². The van der Waals surface area contributed by atoms with E-state index in [0.29, 0.717) is 0 Å². The summed E-state index contributed by atoms with van der Waals surface area (Å²) in [5.41, 5.74) is 6.39. The van der Waals surface area contributed by atoms with Gasteiger partial charge in [0, 0.05) is 35.1 Å². The van der Waals surface area contributed by atoms with Gasteiger partial charge in [-0.2, -0.15) is 0 Å². The fraction of sp³-hybridized carbons (Fsp3) is 0.0588. The molecular weight excluding hydrogens is 306 g/mol. The highest BCUT2D eigenvalue weighted by molar-refractivity contribution is 8.02. The molecular formula is C17H13N5S. The van der Waals surface area contributed by atoms with Gasteiger partial charge in [-0.3, -0.25) is 0 Å². The summed E-state index contributed by atoms with van der Waals surface area (Å²) in [4.78, 5) is 15.3. The Morgan fingerprint density at radius 2 is 2.04 bits per heavy atom. The number of nitrogens with zero attached hydrogens (tertiary/aromatic N) is 2. The van der Waals surface area contributed by atoms with E-state index in [2.05, 4.69) is 48.9 Å². The minimum absolute atomic E-state index is 0.246. The maximum atomic E-state index is 4.58. The van der Waals surface area contributed by atoms with E-state index in [1.54, 1.807) is 18.1 Å². The number of hydrogen-bond acceptors (Lipinski definition) is 4. The van der Waals surface area contributed by atoms with E-state index < -0.39 is 0 Å². The van der Waals surface area contributed by atoms with Crippen molar-refractivity contribution in [3.63, 3.8) is 0 Å². The molecule has 23 heavy (non-hydrogen) atoms. The second-order valence-electron chi connectivity index (χ2n) is 5.48. The Labute approximate surface area is 136 Å². The van der Waals surface area contributed by atoms with Gasteiger partial charge in [-0.05, 0) is 29.2 Å². The molecule has 3 aromatic heterocycles. The van der Waals surface area contributed by atoms with Crippen LogP contribution in [0.25, 0.3) is 33.2 Å². The lowest BCUT2D eigenvalue weighted by Crippen LogP contribution is -2.06. The van der Waals surface area contributed by atoms with E-state index in [0.717, 1.165) is 33.2 Å². The monoisotopic (exact) mass is 319 g/mol. The fourth-order valence-electron chi connectivity index (χ4n) is 2.96. The predicted octanol–water partition coefficient (Wildman–Crippen LogP) is 3.91. The highest BCUT2D eigenvalue weighted by atomic mass is 32.2.